The van der Waals surface area contributed by atoms with Gasteiger partial charge in [-0.25, -0.2) is 0 Å². The van der Waals surface area contributed by atoms with Crippen LogP contribution >= 0.6 is 0 Å². The first-order chi connectivity index (χ1) is 18.3. The summed E-state index contributed by atoms with van der Waals surface area (Å²) in [4.78, 5) is 53.2. The van der Waals surface area contributed by atoms with Gasteiger partial charge in [0.1, 0.15) is 5.78 Å². The van der Waals surface area contributed by atoms with Crippen molar-refractivity contribution in [2.75, 3.05) is 39.3 Å². The standard InChI is InChI=1S/C29H54N4O6/c1-20(2)26(34)11-9-13-30-27(35)17-32(21(3)4)18-28(36)31-14-10-12-29(37)33-16-25(39-23(7)8)15-24(33)19-38-22(5)6/h20-25H,9-19H2,1-8H3,(H,30,35)(H,31,36)/t24-,25+/m0/s1. The highest BCUT2D eigenvalue weighted by atomic mass is 16.5. The van der Waals surface area contributed by atoms with Crippen molar-refractivity contribution in [3.8, 4) is 0 Å². The number of carbonyl (C=O) groups is 4. The molecule has 2 N–H and O–H groups in total. The number of nitrogens with one attached hydrogen (secondary N) is 2. The average molecular weight is 555 g/mol. The fourth-order valence-electron chi connectivity index (χ4n) is 4.42. The second kappa shape index (κ2) is 18.3. The molecule has 0 radical (unpaired) electrons. The molecule has 1 aliphatic heterocycles. The van der Waals surface area contributed by atoms with Crippen molar-refractivity contribution in [3.05, 3.63) is 0 Å². The minimum absolute atomic E-state index is 0.000295. The minimum Gasteiger partial charge on any atom is -0.377 e. The highest BCUT2D eigenvalue weighted by molar-refractivity contribution is 5.82. The van der Waals surface area contributed by atoms with E-state index >= 15 is 0 Å². The number of hydrogen-bond donors (Lipinski definition) is 2. The third-order valence-corrected chi connectivity index (χ3v) is 6.66. The highest BCUT2D eigenvalue weighted by Gasteiger charge is 2.36. The molecule has 1 aliphatic rings. The predicted octanol–water partition coefficient (Wildman–Crippen LogP) is 2.53. The lowest BCUT2D eigenvalue weighted by molar-refractivity contribution is -0.134. The number of hydrogen-bond acceptors (Lipinski definition) is 7. The van der Waals surface area contributed by atoms with Crippen molar-refractivity contribution in [2.24, 2.45) is 5.92 Å². The molecular weight excluding hydrogens is 500 g/mol. The van der Waals surface area contributed by atoms with Crippen molar-refractivity contribution >= 4 is 23.5 Å². The van der Waals surface area contributed by atoms with Crippen molar-refractivity contribution in [1.29, 1.82) is 0 Å². The summed E-state index contributed by atoms with van der Waals surface area (Å²) in [6, 6.07) is 0.00596. The summed E-state index contributed by atoms with van der Waals surface area (Å²) in [6.07, 6.45) is 2.90. The summed E-state index contributed by atoms with van der Waals surface area (Å²) in [5, 5.41) is 5.71. The number of rotatable bonds is 19. The van der Waals surface area contributed by atoms with Gasteiger partial charge in [-0.15, -0.1) is 0 Å². The summed E-state index contributed by atoms with van der Waals surface area (Å²) < 4.78 is 11.8. The Morgan fingerprint density at radius 2 is 1.41 bits per heavy atom. The Bertz CT molecular complexity index is 771. The van der Waals surface area contributed by atoms with E-state index in [2.05, 4.69) is 10.6 Å². The third kappa shape index (κ3) is 14.8. The van der Waals surface area contributed by atoms with Crippen LogP contribution < -0.4 is 10.6 Å². The maximum absolute atomic E-state index is 13.0. The molecule has 0 unspecified atom stereocenters. The van der Waals surface area contributed by atoms with Crippen LogP contribution in [0.2, 0.25) is 0 Å². The molecule has 226 valence electrons. The molecular formula is C29H54N4O6. The fraction of sp³-hybridized carbons (Fsp3) is 0.862. The second-order valence-corrected chi connectivity index (χ2v) is 11.7. The molecule has 0 aromatic carbocycles. The molecule has 39 heavy (non-hydrogen) atoms. The molecule has 3 amide bonds. The van der Waals surface area contributed by atoms with Gasteiger partial charge in [-0.2, -0.15) is 0 Å². The van der Waals surface area contributed by atoms with Gasteiger partial charge in [0.15, 0.2) is 0 Å². The van der Waals surface area contributed by atoms with E-state index in [1.807, 2.05) is 60.3 Å². The van der Waals surface area contributed by atoms with Crippen LogP contribution in [0, 0.1) is 5.92 Å². The average Bonchev–Trinajstić information content (AvgIpc) is 3.24. The third-order valence-electron chi connectivity index (χ3n) is 6.66. The first kappa shape index (κ1) is 35.0. The summed E-state index contributed by atoms with van der Waals surface area (Å²) >= 11 is 0. The van der Waals surface area contributed by atoms with E-state index in [1.165, 1.54) is 0 Å². The number of likely N-dealkylation sites (tertiary alicyclic amines) is 1. The second-order valence-electron chi connectivity index (χ2n) is 11.7. The Hall–Kier alpha value is -2.04. The number of amides is 3. The smallest absolute Gasteiger partial charge is 0.234 e. The lowest BCUT2D eigenvalue weighted by Crippen LogP contribution is -2.46. The molecule has 0 spiro atoms. The van der Waals surface area contributed by atoms with E-state index in [0.717, 1.165) is 6.42 Å². The van der Waals surface area contributed by atoms with Crippen LogP contribution in [0.5, 0.6) is 0 Å². The summed E-state index contributed by atoms with van der Waals surface area (Å²) in [7, 11) is 0. The van der Waals surface area contributed by atoms with E-state index in [9.17, 15) is 19.2 Å². The van der Waals surface area contributed by atoms with Crippen LogP contribution in [0.15, 0.2) is 0 Å². The van der Waals surface area contributed by atoms with Gasteiger partial charge in [-0.05, 0) is 60.8 Å². The van der Waals surface area contributed by atoms with Gasteiger partial charge in [0, 0.05) is 44.4 Å². The predicted molar refractivity (Wildman–Crippen MR) is 152 cm³/mol. The lowest BCUT2D eigenvalue weighted by atomic mass is 10.0. The van der Waals surface area contributed by atoms with Crippen LogP contribution in [0.4, 0.5) is 0 Å². The minimum atomic E-state index is -0.179. The van der Waals surface area contributed by atoms with Crippen molar-refractivity contribution in [2.45, 2.75) is 118 Å². The number of ether oxygens (including phenoxy) is 2. The normalized spacial score (nSPS) is 17.6. The molecule has 0 saturated carbocycles. The Labute approximate surface area is 235 Å². The van der Waals surface area contributed by atoms with Gasteiger partial charge < -0.3 is 25.0 Å². The molecule has 10 nitrogen and oxygen atoms in total. The summed E-state index contributed by atoms with van der Waals surface area (Å²) in [5.41, 5.74) is 0. The van der Waals surface area contributed by atoms with E-state index in [-0.39, 0.29) is 72.9 Å². The van der Waals surface area contributed by atoms with Crippen molar-refractivity contribution in [3.63, 3.8) is 0 Å². The molecule has 1 heterocycles. The Morgan fingerprint density at radius 1 is 0.846 bits per heavy atom. The first-order valence-electron chi connectivity index (χ1n) is 14.7. The van der Waals surface area contributed by atoms with Crippen LogP contribution in [0.25, 0.3) is 0 Å². The van der Waals surface area contributed by atoms with Crippen molar-refractivity contribution < 1.29 is 28.7 Å². The number of Topliss-reactive ketones (excluding diaryl/α,β-unsaturated/α-hetero) is 1. The fourth-order valence-corrected chi connectivity index (χ4v) is 4.42. The van der Waals surface area contributed by atoms with Crippen LogP contribution in [0.3, 0.4) is 0 Å². The molecule has 1 rings (SSSR count). The number of nitrogens with zero attached hydrogens (tertiary/aromatic N) is 2. The summed E-state index contributed by atoms with van der Waals surface area (Å²) in [6.45, 7) is 17.7. The van der Waals surface area contributed by atoms with Gasteiger partial charge in [0.05, 0.1) is 44.1 Å². The molecule has 0 aromatic rings. The number of ketones is 1. The van der Waals surface area contributed by atoms with Crippen LogP contribution in [-0.4, -0.2) is 103 Å². The molecule has 0 aromatic heterocycles. The van der Waals surface area contributed by atoms with Gasteiger partial charge in [0.25, 0.3) is 0 Å². The maximum Gasteiger partial charge on any atom is 0.234 e. The highest BCUT2D eigenvalue weighted by Crippen LogP contribution is 2.23. The monoisotopic (exact) mass is 554 g/mol. The number of carbonyl (C=O) groups excluding carboxylic acids is 4. The van der Waals surface area contributed by atoms with E-state index < -0.39 is 0 Å². The Balaban J connectivity index is 2.41. The van der Waals surface area contributed by atoms with Gasteiger partial charge in [0.2, 0.25) is 17.7 Å². The SMILES string of the molecule is CC(C)OC[C@@H]1C[C@@H](OC(C)C)CN1C(=O)CCCNC(=O)CN(CC(=O)NCCCC(=O)C(C)C)C(C)C. The van der Waals surface area contributed by atoms with Crippen molar-refractivity contribution in [1.82, 2.24) is 20.4 Å². The topological polar surface area (TPSA) is 117 Å². The zero-order chi connectivity index (χ0) is 29.5. The Morgan fingerprint density at radius 3 is 1.90 bits per heavy atom. The molecule has 1 saturated heterocycles. The quantitative estimate of drug-likeness (QED) is 0.236. The maximum atomic E-state index is 13.0. The summed E-state index contributed by atoms with van der Waals surface area (Å²) in [5.74, 6) is -0.100. The van der Waals surface area contributed by atoms with Crippen LogP contribution in [-0.2, 0) is 28.7 Å². The van der Waals surface area contributed by atoms with E-state index in [1.54, 1.807) is 4.90 Å². The van der Waals surface area contributed by atoms with Gasteiger partial charge >= 0.3 is 0 Å². The lowest BCUT2D eigenvalue weighted by Gasteiger charge is -2.26. The van der Waals surface area contributed by atoms with Gasteiger partial charge in [-0.1, -0.05) is 13.8 Å². The van der Waals surface area contributed by atoms with Crippen LogP contribution in [0.1, 0.15) is 87.5 Å². The molecule has 2 atom stereocenters. The molecule has 10 heteroatoms. The largest absolute Gasteiger partial charge is 0.377 e. The molecule has 1 fully saturated rings. The zero-order valence-electron chi connectivity index (χ0n) is 25.6. The van der Waals surface area contributed by atoms with E-state index in [0.29, 0.717) is 51.9 Å². The zero-order valence-corrected chi connectivity index (χ0v) is 25.6. The Kier molecular flexibility index (Phi) is 16.4. The molecule has 0 bridgehead atoms. The molecule has 0 aliphatic carbocycles. The van der Waals surface area contributed by atoms with Gasteiger partial charge in [-0.3, -0.25) is 24.1 Å². The first-order valence-corrected chi connectivity index (χ1v) is 14.7. The van der Waals surface area contributed by atoms with E-state index in [4.69, 9.17) is 9.47 Å².